The molecule has 0 heterocycles. The minimum atomic E-state index is -2.97. The van der Waals surface area contributed by atoms with E-state index < -0.39 is 9.84 Å². The van der Waals surface area contributed by atoms with Crippen LogP contribution in [0.25, 0.3) is 0 Å². The topological polar surface area (TPSA) is 60.4 Å². The molecule has 0 aliphatic heterocycles. The van der Waals surface area contributed by atoms with Crippen LogP contribution in [0.15, 0.2) is 16.6 Å². The van der Waals surface area contributed by atoms with E-state index in [4.69, 9.17) is 4.74 Å². The number of carbonyl (C=O) groups is 1. The van der Waals surface area contributed by atoms with Crippen LogP contribution in [0.4, 0.5) is 0 Å². The van der Waals surface area contributed by atoms with E-state index in [2.05, 4.69) is 15.9 Å². The van der Waals surface area contributed by atoms with Crippen molar-refractivity contribution in [2.75, 3.05) is 18.6 Å². The van der Waals surface area contributed by atoms with E-state index in [0.29, 0.717) is 17.7 Å². The number of aryl methyl sites for hydroxylation is 1. The van der Waals surface area contributed by atoms with Gasteiger partial charge in [0, 0.05) is 10.7 Å². The molecule has 0 saturated heterocycles. The lowest BCUT2D eigenvalue weighted by molar-refractivity contribution is 0.111. The molecule has 0 saturated carbocycles. The number of halogens is 1. The molecule has 1 rings (SSSR count). The zero-order chi connectivity index (χ0) is 13.8. The molecule has 0 radical (unpaired) electrons. The molecule has 100 valence electrons. The number of rotatable bonds is 6. The van der Waals surface area contributed by atoms with Gasteiger partial charge in [-0.15, -0.1) is 0 Å². The Kier molecular flexibility index (Phi) is 5.34. The Morgan fingerprint density at radius 1 is 1.39 bits per heavy atom. The number of benzene rings is 1. The highest BCUT2D eigenvalue weighted by Crippen LogP contribution is 2.26. The molecular formula is C12H15BrO4S. The zero-order valence-corrected chi connectivity index (χ0v) is 12.7. The van der Waals surface area contributed by atoms with Crippen LogP contribution in [0.3, 0.4) is 0 Å². The molecule has 0 spiro atoms. The molecule has 6 heteroatoms. The average molecular weight is 335 g/mol. The number of aldehydes is 1. The average Bonchev–Trinajstić information content (AvgIpc) is 2.24. The molecule has 0 aromatic heterocycles. The molecule has 0 bridgehead atoms. The van der Waals surface area contributed by atoms with Crippen LogP contribution in [0.1, 0.15) is 22.3 Å². The Bertz CT molecular complexity index is 537. The predicted octanol–water partition coefficient (Wildman–Crippen LogP) is 2.38. The van der Waals surface area contributed by atoms with Crippen molar-refractivity contribution < 1.29 is 17.9 Å². The maximum atomic E-state index is 11.0. The normalized spacial score (nSPS) is 11.3. The zero-order valence-electron chi connectivity index (χ0n) is 10.3. The van der Waals surface area contributed by atoms with E-state index in [-0.39, 0.29) is 12.4 Å². The molecule has 0 atom stereocenters. The van der Waals surface area contributed by atoms with Crippen LogP contribution in [0.2, 0.25) is 0 Å². The maximum Gasteiger partial charge on any atom is 0.153 e. The number of carbonyl (C=O) groups excluding carboxylic acids is 1. The summed E-state index contributed by atoms with van der Waals surface area (Å²) in [6, 6.07) is 3.52. The van der Waals surface area contributed by atoms with Crippen LogP contribution in [-0.2, 0) is 9.84 Å². The summed E-state index contributed by atoms with van der Waals surface area (Å²) in [5.41, 5.74) is 1.30. The molecule has 0 unspecified atom stereocenters. The Balaban J connectivity index is 2.70. The van der Waals surface area contributed by atoms with E-state index in [1.54, 1.807) is 6.07 Å². The van der Waals surface area contributed by atoms with E-state index >= 15 is 0 Å². The van der Waals surface area contributed by atoms with E-state index in [0.717, 1.165) is 16.3 Å². The summed E-state index contributed by atoms with van der Waals surface area (Å²) < 4.78 is 28.2. The quantitative estimate of drug-likeness (QED) is 0.592. The molecule has 1 aromatic rings. The van der Waals surface area contributed by atoms with Gasteiger partial charge in [-0.1, -0.05) is 15.9 Å². The van der Waals surface area contributed by atoms with Crippen molar-refractivity contribution in [3.63, 3.8) is 0 Å². The minimum Gasteiger partial charge on any atom is -0.493 e. The van der Waals surface area contributed by atoms with Gasteiger partial charge in [0.1, 0.15) is 15.6 Å². The Morgan fingerprint density at radius 3 is 2.61 bits per heavy atom. The third kappa shape index (κ3) is 4.78. The summed E-state index contributed by atoms with van der Waals surface area (Å²) in [6.45, 7) is 2.11. The maximum absolute atomic E-state index is 11.0. The van der Waals surface area contributed by atoms with Crippen molar-refractivity contribution in [3.8, 4) is 5.75 Å². The van der Waals surface area contributed by atoms with Crippen molar-refractivity contribution in [2.45, 2.75) is 13.3 Å². The number of ether oxygens (including phenoxy) is 1. The van der Waals surface area contributed by atoms with Crippen molar-refractivity contribution in [1.82, 2.24) is 0 Å². The largest absolute Gasteiger partial charge is 0.493 e. The highest BCUT2D eigenvalue weighted by Gasteiger charge is 2.09. The Labute approximate surface area is 115 Å². The summed E-state index contributed by atoms with van der Waals surface area (Å²) in [5.74, 6) is 0.598. The van der Waals surface area contributed by atoms with E-state index in [1.165, 1.54) is 6.26 Å². The molecule has 0 amide bonds. The molecular weight excluding hydrogens is 320 g/mol. The third-order valence-corrected chi connectivity index (χ3v) is 3.79. The fourth-order valence-electron chi connectivity index (χ4n) is 1.54. The summed E-state index contributed by atoms with van der Waals surface area (Å²) >= 11 is 3.30. The smallest absolute Gasteiger partial charge is 0.153 e. The van der Waals surface area contributed by atoms with Crippen LogP contribution < -0.4 is 4.74 Å². The van der Waals surface area contributed by atoms with Crippen molar-refractivity contribution in [3.05, 3.63) is 27.7 Å². The second-order valence-corrected chi connectivity index (χ2v) is 7.27. The number of sulfone groups is 1. The molecule has 18 heavy (non-hydrogen) atoms. The van der Waals surface area contributed by atoms with Gasteiger partial charge in [-0.3, -0.25) is 4.79 Å². The molecule has 1 aromatic carbocycles. The van der Waals surface area contributed by atoms with E-state index in [1.807, 2.05) is 13.0 Å². The summed E-state index contributed by atoms with van der Waals surface area (Å²) in [5, 5.41) is 0. The standard InChI is InChI=1S/C12H15BrO4S/c1-9-6-11(13)7-10(8-14)12(9)17-4-3-5-18(2,15)16/h6-8H,3-5H2,1-2H3. The van der Waals surface area contributed by atoms with Crippen LogP contribution in [0.5, 0.6) is 5.75 Å². The third-order valence-electron chi connectivity index (χ3n) is 2.30. The molecule has 0 aliphatic rings. The second kappa shape index (κ2) is 6.33. The van der Waals surface area contributed by atoms with Crippen LogP contribution in [0, 0.1) is 6.92 Å². The number of hydrogen-bond donors (Lipinski definition) is 0. The van der Waals surface area contributed by atoms with Gasteiger partial charge in [0.2, 0.25) is 0 Å². The van der Waals surface area contributed by atoms with Gasteiger partial charge in [-0.2, -0.15) is 0 Å². The Hall–Kier alpha value is -0.880. The first kappa shape index (κ1) is 15.2. The molecule has 4 nitrogen and oxygen atoms in total. The minimum absolute atomic E-state index is 0.0823. The number of hydrogen-bond acceptors (Lipinski definition) is 4. The van der Waals surface area contributed by atoms with Crippen LogP contribution in [-0.4, -0.2) is 33.3 Å². The van der Waals surface area contributed by atoms with Gasteiger partial charge in [0.15, 0.2) is 6.29 Å². The van der Waals surface area contributed by atoms with E-state index in [9.17, 15) is 13.2 Å². The first-order chi connectivity index (χ1) is 8.33. The first-order valence-electron chi connectivity index (χ1n) is 5.39. The van der Waals surface area contributed by atoms with Gasteiger partial charge in [0.25, 0.3) is 0 Å². The highest BCUT2D eigenvalue weighted by molar-refractivity contribution is 9.10. The summed E-state index contributed by atoms with van der Waals surface area (Å²) in [6.07, 6.45) is 2.32. The predicted molar refractivity (Wildman–Crippen MR) is 74.1 cm³/mol. The lowest BCUT2D eigenvalue weighted by Gasteiger charge is -2.11. The van der Waals surface area contributed by atoms with Crippen molar-refractivity contribution in [2.24, 2.45) is 0 Å². The Morgan fingerprint density at radius 2 is 2.06 bits per heavy atom. The van der Waals surface area contributed by atoms with Gasteiger partial charge in [0.05, 0.1) is 17.9 Å². The van der Waals surface area contributed by atoms with Gasteiger partial charge in [-0.25, -0.2) is 8.42 Å². The molecule has 0 aliphatic carbocycles. The fraction of sp³-hybridized carbons (Fsp3) is 0.417. The second-order valence-electron chi connectivity index (χ2n) is 4.09. The summed E-state index contributed by atoms with van der Waals surface area (Å²) in [7, 11) is -2.97. The lowest BCUT2D eigenvalue weighted by Crippen LogP contribution is -2.09. The van der Waals surface area contributed by atoms with Crippen molar-refractivity contribution >= 4 is 32.1 Å². The monoisotopic (exact) mass is 334 g/mol. The molecule has 0 fully saturated rings. The van der Waals surface area contributed by atoms with Crippen molar-refractivity contribution in [1.29, 1.82) is 0 Å². The fourth-order valence-corrected chi connectivity index (χ4v) is 2.77. The van der Waals surface area contributed by atoms with Gasteiger partial charge >= 0.3 is 0 Å². The van der Waals surface area contributed by atoms with Gasteiger partial charge < -0.3 is 4.74 Å². The van der Waals surface area contributed by atoms with Gasteiger partial charge in [-0.05, 0) is 31.0 Å². The van der Waals surface area contributed by atoms with Crippen LogP contribution >= 0.6 is 15.9 Å². The lowest BCUT2D eigenvalue weighted by atomic mass is 10.1. The first-order valence-corrected chi connectivity index (χ1v) is 8.24. The highest BCUT2D eigenvalue weighted by atomic mass is 79.9. The summed E-state index contributed by atoms with van der Waals surface area (Å²) in [4.78, 5) is 10.9. The molecule has 0 N–H and O–H groups in total. The SMILES string of the molecule is Cc1cc(Br)cc(C=O)c1OCCCS(C)(=O)=O.